The first-order chi connectivity index (χ1) is 12.9. The summed E-state index contributed by atoms with van der Waals surface area (Å²) in [5, 5.41) is 17.0. The van der Waals surface area contributed by atoms with Gasteiger partial charge in [0.25, 0.3) is 0 Å². The summed E-state index contributed by atoms with van der Waals surface area (Å²) >= 11 is 1.26. The van der Waals surface area contributed by atoms with Crippen molar-refractivity contribution in [1.29, 1.82) is 0 Å². The molecule has 1 atom stereocenters. The molecule has 0 radical (unpaired) electrons. The Hall–Kier alpha value is -2.40. The van der Waals surface area contributed by atoms with Crippen LogP contribution in [0.1, 0.15) is 30.9 Å². The van der Waals surface area contributed by atoms with Crippen LogP contribution in [0.2, 0.25) is 0 Å². The molecule has 9 nitrogen and oxygen atoms in total. The van der Waals surface area contributed by atoms with Crippen LogP contribution in [-0.4, -0.2) is 50.5 Å². The van der Waals surface area contributed by atoms with Crippen LogP contribution in [0.5, 0.6) is 0 Å². The van der Waals surface area contributed by atoms with E-state index in [4.69, 9.17) is 0 Å². The quantitative estimate of drug-likeness (QED) is 0.657. The van der Waals surface area contributed by atoms with E-state index < -0.39 is 15.8 Å². The second-order valence-electron chi connectivity index (χ2n) is 6.48. The summed E-state index contributed by atoms with van der Waals surface area (Å²) in [4.78, 5) is 20.8. The van der Waals surface area contributed by atoms with E-state index in [0.717, 1.165) is 24.8 Å². The van der Waals surface area contributed by atoms with Crippen LogP contribution >= 0.6 is 11.8 Å². The Labute approximate surface area is 159 Å². The molecule has 3 aromatic rings. The molecule has 27 heavy (non-hydrogen) atoms. The number of hydrogen-bond donors (Lipinski definition) is 2. The fourth-order valence-electron chi connectivity index (χ4n) is 3.64. The zero-order valence-corrected chi connectivity index (χ0v) is 16.0. The molecule has 0 saturated heterocycles. The predicted molar refractivity (Wildman–Crippen MR) is 97.6 cm³/mol. The minimum Gasteiger partial charge on any atom is -0.481 e. The van der Waals surface area contributed by atoms with E-state index >= 15 is 0 Å². The number of carbonyl (C=O) groups is 1. The number of aryl methyl sites for hydroxylation is 1. The van der Waals surface area contributed by atoms with Crippen LogP contribution in [0, 0.1) is 0 Å². The summed E-state index contributed by atoms with van der Waals surface area (Å²) in [5.41, 5.74) is 1.37. The van der Waals surface area contributed by atoms with E-state index in [1.807, 2.05) is 4.57 Å². The van der Waals surface area contributed by atoms with Crippen LogP contribution in [0.15, 0.2) is 33.5 Å². The third-order valence-electron chi connectivity index (χ3n) is 4.63. The van der Waals surface area contributed by atoms with Gasteiger partial charge >= 0.3 is 5.97 Å². The van der Waals surface area contributed by atoms with Gasteiger partial charge in [0, 0.05) is 35.5 Å². The number of fused-ring (bicyclic) bond motifs is 3. The first kappa shape index (κ1) is 18.0. The van der Waals surface area contributed by atoms with Crippen molar-refractivity contribution in [3.63, 3.8) is 0 Å². The summed E-state index contributed by atoms with van der Waals surface area (Å²) in [6.45, 7) is 0.666. The maximum Gasteiger partial charge on any atom is 0.304 e. The number of sulfone groups is 1. The lowest BCUT2D eigenvalue weighted by molar-refractivity contribution is -0.137. The highest BCUT2D eigenvalue weighted by molar-refractivity contribution is 7.99. The monoisotopic (exact) mass is 407 g/mol. The van der Waals surface area contributed by atoms with Crippen LogP contribution in [-0.2, 0) is 21.2 Å². The van der Waals surface area contributed by atoms with Gasteiger partial charge in [-0.1, -0.05) is 0 Å². The zero-order chi connectivity index (χ0) is 19.2. The van der Waals surface area contributed by atoms with Crippen molar-refractivity contribution >= 4 is 38.6 Å². The number of aromatic nitrogens is 5. The molecule has 0 aromatic carbocycles. The largest absolute Gasteiger partial charge is 0.481 e. The van der Waals surface area contributed by atoms with Crippen molar-refractivity contribution in [3.8, 4) is 0 Å². The van der Waals surface area contributed by atoms with E-state index in [2.05, 4.69) is 20.2 Å². The number of nitrogens with zero attached hydrogens (tertiary/aromatic N) is 4. The molecular formula is C16H17N5O4S2. The molecule has 142 valence electrons. The highest BCUT2D eigenvalue weighted by Crippen LogP contribution is 2.46. The van der Waals surface area contributed by atoms with Crippen molar-refractivity contribution < 1.29 is 18.3 Å². The SMILES string of the molecule is CS(=O)(=O)c1ccnc2c1c(Sc1ncn[nH]1)c1n2CCCC1CC(=O)O. The third-order valence-corrected chi connectivity index (χ3v) is 6.78. The minimum absolute atomic E-state index is 0.0194. The van der Waals surface area contributed by atoms with Gasteiger partial charge in [-0.3, -0.25) is 9.89 Å². The fraction of sp³-hybridized carbons (Fsp3) is 0.375. The zero-order valence-electron chi connectivity index (χ0n) is 14.4. The van der Waals surface area contributed by atoms with Gasteiger partial charge < -0.3 is 9.67 Å². The molecule has 0 aliphatic carbocycles. The smallest absolute Gasteiger partial charge is 0.304 e. The van der Waals surface area contributed by atoms with Crippen LogP contribution in [0.25, 0.3) is 11.0 Å². The van der Waals surface area contributed by atoms with Gasteiger partial charge in [0.15, 0.2) is 15.0 Å². The van der Waals surface area contributed by atoms with E-state index in [-0.39, 0.29) is 17.2 Å². The Morgan fingerprint density at radius 3 is 2.93 bits per heavy atom. The number of rotatable bonds is 5. The summed E-state index contributed by atoms with van der Waals surface area (Å²) < 4.78 is 26.8. The van der Waals surface area contributed by atoms with E-state index in [1.165, 1.54) is 30.4 Å². The molecule has 3 aromatic heterocycles. The lowest BCUT2D eigenvalue weighted by Crippen LogP contribution is -2.18. The average Bonchev–Trinajstić information content (AvgIpc) is 3.21. The summed E-state index contributed by atoms with van der Waals surface area (Å²) in [6.07, 6.45) is 5.53. The van der Waals surface area contributed by atoms with E-state index in [0.29, 0.717) is 27.6 Å². The maximum atomic E-state index is 12.4. The number of nitrogens with one attached hydrogen (secondary N) is 1. The molecule has 0 fully saturated rings. The van der Waals surface area contributed by atoms with Crippen LogP contribution < -0.4 is 0 Å². The van der Waals surface area contributed by atoms with E-state index in [9.17, 15) is 18.3 Å². The molecule has 4 heterocycles. The fourth-order valence-corrected chi connectivity index (χ4v) is 5.66. The van der Waals surface area contributed by atoms with Crippen molar-refractivity contribution in [1.82, 2.24) is 24.7 Å². The van der Waals surface area contributed by atoms with Gasteiger partial charge in [-0.25, -0.2) is 18.4 Å². The summed E-state index contributed by atoms with van der Waals surface area (Å²) in [7, 11) is -3.50. The molecule has 0 spiro atoms. The molecule has 2 N–H and O–H groups in total. The second-order valence-corrected chi connectivity index (χ2v) is 9.46. The van der Waals surface area contributed by atoms with Gasteiger partial charge in [0.1, 0.15) is 12.0 Å². The molecular weight excluding hydrogens is 390 g/mol. The van der Waals surface area contributed by atoms with Gasteiger partial charge in [-0.2, -0.15) is 5.10 Å². The Balaban J connectivity index is 2.04. The Morgan fingerprint density at radius 1 is 1.44 bits per heavy atom. The molecule has 1 unspecified atom stereocenters. The molecule has 0 saturated carbocycles. The van der Waals surface area contributed by atoms with Crippen LogP contribution in [0.4, 0.5) is 0 Å². The number of aromatic amines is 1. The molecule has 0 bridgehead atoms. The first-order valence-corrected chi connectivity index (χ1v) is 11.0. The summed E-state index contributed by atoms with van der Waals surface area (Å²) in [5.74, 6) is -1.10. The van der Waals surface area contributed by atoms with Crippen molar-refractivity contribution in [3.05, 3.63) is 24.3 Å². The van der Waals surface area contributed by atoms with Crippen molar-refractivity contribution in [2.24, 2.45) is 0 Å². The molecule has 1 aliphatic heterocycles. The standard InChI is InChI=1S/C16H17N5O4S2/c1-27(24,25)10-4-5-17-15-12(10)14(26-16-18-8-19-20-16)13-9(7-11(22)23)3-2-6-21(13)15/h4-5,8-9H,2-3,6-7H2,1H3,(H,22,23)(H,18,19,20). The Morgan fingerprint density at radius 2 is 2.26 bits per heavy atom. The Kier molecular flexibility index (Phi) is 4.42. The molecule has 1 aliphatic rings. The van der Waals surface area contributed by atoms with Crippen LogP contribution in [0.3, 0.4) is 0 Å². The number of aliphatic carboxylic acids is 1. The van der Waals surface area contributed by atoms with Gasteiger partial charge in [0.2, 0.25) is 0 Å². The maximum absolute atomic E-state index is 12.4. The second kappa shape index (κ2) is 6.64. The number of carboxylic acid groups (broad SMARTS) is 1. The highest BCUT2D eigenvalue weighted by atomic mass is 32.2. The highest BCUT2D eigenvalue weighted by Gasteiger charge is 2.32. The molecule has 0 amide bonds. The minimum atomic E-state index is -3.50. The third kappa shape index (κ3) is 3.21. The summed E-state index contributed by atoms with van der Waals surface area (Å²) in [6, 6.07) is 1.49. The van der Waals surface area contributed by atoms with E-state index in [1.54, 1.807) is 0 Å². The van der Waals surface area contributed by atoms with Crippen molar-refractivity contribution in [2.45, 2.75) is 46.7 Å². The molecule has 4 rings (SSSR count). The number of pyridine rings is 1. The number of carboxylic acids is 1. The average molecular weight is 407 g/mol. The topological polar surface area (TPSA) is 131 Å². The lowest BCUT2D eigenvalue weighted by atomic mass is 9.93. The lowest BCUT2D eigenvalue weighted by Gasteiger charge is -2.24. The van der Waals surface area contributed by atoms with Gasteiger partial charge in [0.05, 0.1) is 16.7 Å². The van der Waals surface area contributed by atoms with Gasteiger partial charge in [-0.05, 0) is 30.7 Å². The number of H-pyrrole nitrogens is 1. The normalized spacial score (nSPS) is 17.1. The van der Waals surface area contributed by atoms with Crippen molar-refractivity contribution in [2.75, 3.05) is 6.26 Å². The first-order valence-electron chi connectivity index (χ1n) is 8.32. The predicted octanol–water partition coefficient (Wildman–Crippen LogP) is 2.06. The molecule has 11 heteroatoms. The number of hydrogen-bond acceptors (Lipinski definition) is 7. The Bertz CT molecular complexity index is 1120. The van der Waals surface area contributed by atoms with Gasteiger partial charge in [-0.15, -0.1) is 0 Å².